The first-order valence-electron chi connectivity index (χ1n) is 6.88. The van der Waals surface area contributed by atoms with E-state index in [1.165, 1.54) is 28.8 Å². The number of carbonyl (C=O) groups excluding carboxylic acids is 1. The van der Waals surface area contributed by atoms with Crippen LogP contribution in [0, 0.1) is 12.8 Å². The van der Waals surface area contributed by atoms with Crippen LogP contribution < -0.4 is 0 Å². The van der Waals surface area contributed by atoms with Gasteiger partial charge in [-0.2, -0.15) is 0 Å². The predicted molar refractivity (Wildman–Crippen MR) is 77.1 cm³/mol. The van der Waals surface area contributed by atoms with Crippen LogP contribution in [0.15, 0.2) is 0 Å². The number of rotatable bonds is 1. The molecular weight excluding hydrogens is 264 g/mol. The van der Waals surface area contributed by atoms with Crippen LogP contribution in [0.25, 0.3) is 0 Å². The Morgan fingerprint density at radius 1 is 1.22 bits per heavy atom. The molecule has 1 unspecified atom stereocenters. The monoisotopic (exact) mass is 282 g/mol. The van der Waals surface area contributed by atoms with E-state index in [2.05, 4.69) is 13.8 Å². The second-order valence-corrected chi connectivity index (χ2v) is 7.64. The summed E-state index contributed by atoms with van der Waals surface area (Å²) in [5.74, 6) is 1.23. The quantitative estimate of drug-likeness (QED) is 0.683. The second kappa shape index (κ2) is 4.64. The molecule has 1 atom stereocenters. The molecule has 3 heteroatoms. The maximum atomic E-state index is 12.1. The first kappa shape index (κ1) is 12.7. The SMILES string of the molecule is Cc1sc2c(c1C1CCC(Cl)CC1)CC(C)C2=O. The molecule has 0 radical (unpaired) electrons. The van der Waals surface area contributed by atoms with E-state index in [4.69, 9.17) is 11.6 Å². The lowest BCUT2D eigenvalue weighted by Gasteiger charge is -2.26. The van der Waals surface area contributed by atoms with Gasteiger partial charge in [0.05, 0.1) is 4.88 Å². The number of halogens is 1. The smallest absolute Gasteiger partial charge is 0.176 e. The Bertz CT molecular complexity index is 483. The summed E-state index contributed by atoms with van der Waals surface area (Å²) in [6, 6.07) is 0. The van der Waals surface area contributed by atoms with E-state index >= 15 is 0 Å². The van der Waals surface area contributed by atoms with E-state index in [-0.39, 0.29) is 5.92 Å². The maximum Gasteiger partial charge on any atom is 0.176 e. The van der Waals surface area contributed by atoms with Crippen LogP contribution in [0.3, 0.4) is 0 Å². The number of thiophene rings is 1. The third-order valence-electron chi connectivity index (χ3n) is 4.48. The summed E-state index contributed by atoms with van der Waals surface area (Å²) in [6.45, 7) is 4.24. The highest BCUT2D eigenvalue weighted by Gasteiger charge is 2.35. The van der Waals surface area contributed by atoms with Crippen molar-refractivity contribution in [1.29, 1.82) is 0 Å². The first-order valence-corrected chi connectivity index (χ1v) is 8.13. The molecule has 1 aromatic rings. The Labute approximate surface area is 118 Å². The molecule has 3 rings (SSSR count). The van der Waals surface area contributed by atoms with E-state index < -0.39 is 0 Å². The number of fused-ring (bicyclic) bond motifs is 1. The fraction of sp³-hybridized carbons (Fsp3) is 0.667. The molecule has 0 N–H and O–H groups in total. The van der Waals surface area contributed by atoms with Gasteiger partial charge < -0.3 is 0 Å². The zero-order chi connectivity index (χ0) is 12.9. The van der Waals surface area contributed by atoms with Crippen molar-refractivity contribution in [1.82, 2.24) is 0 Å². The van der Waals surface area contributed by atoms with Gasteiger partial charge >= 0.3 is 0 Å². The fourth-order valence-electron chi connectivity index (χ4n) is 3.50. The zero-order valence-electron chi connectivity index (χ0n) is 11.0. The van der Waals surface area contributed by atoms with Crippen LogP contribution in [0.5, 0.6) is 0 Å². The van der Waals surface area contributed by atoms with Gasteiger partial charge in [-0.25, -0.2) is 0 Å². The van der Waals surface area contributed by atoms with Crippen molar-refractivity contribution in [3.05, 3.63) is 20.9 Å². The summed E-state index contributed by atoms with van der Waals surface area (Å²) in [7, 11) is 0. The van der Waals surface area contributed by atoms with Gasteiger partial charge in [0, 0.05) is 16.2 Å². The third-order valence-corrected chi connectivity index (χ3v) is 6.09. The molecule has 0 bridgehead atoms. The van der Waals surface area contributed by atoms with Crippen molar-refractivity contribution in [3.63, 3.8) is 0 Å². The molecule has 98 valence electrons. The summed E-state index contributed by atoms with van der Waals surface area (Å²) < 4.78 is 0. The molecule has 1 nitrogen and oxygen atoms in total. The van der Waals surface area contributed by atoms with Gasteiger partial charge in [-0.1, -0.05) is 6.92 Å². The van der Waals surface area contributed by atoms with E-state index in [0.717, 1.165) is 24.1 Å². The minimum absolute atomic E-state index is 0.204. The van der Waals surface area contributed by atoms with Gasteiger partial charge in [0.15, 0.2) is 5.78 Å². The van der Waals surface area contributed by atoms with E-state index in [1.807, 2.05) is 0 Å². The van der Waals surface area contributed by atoms with E-state index in [0.29, 0.717) is 17.1 Å². The highest BCUT2D eigenvalue weighted by atomic mass is 35.5. The highest BCUT2D eigenvalue weighted by Crippen LogP contribution is 2.45. The number of hydrogen-bond donors (Lipinski definition) is 0. The Morgan fingerprint density at radius 2 is 1.89 bits per heavy atom. The molecule has 0 aliphatic heterocycles. The molecule has 0 amide bonds. The molecule has 1 fully saturated rings. The zero-order valence-corrected chi connectivity index (χ0v) is 12.5. The number of alkyl halides is 1. The number of carbonyl (C=O) groups is 1. The molecule has 1 saturated carbocycles. The lowest BCUT2D eigenvalue weighted by molar-refractivity contribution is 0.0949. The first-order chi connectivity index (χ1) is 8.58. The number of ketones is 1. The molecule has 2 aliphatic rings. The number of hydrogen-bond acceptors (Lipinski definition) is 2. The van der Waals surface area contributed by atoms with Crippen molar-refractivity contribution in [3.8, 4) is 0 Å². The van der Waals surface area contributed by atoms with Crippen molar-refractivity contribution >= 4 is 28.7 Å². The van der Waals surface area contributed by atoms with Crippen molar-refractivity contribution < 1.29 is 4.79 Å². The minimum atomic E-state index is 0.204. The van der Waals surface area contributed by atoms with Crippen molar-refractivity contribution in [2.45, 2.75) is 57.2 Å². The Balaban J connectivity index is 1.94. The predicted octanol–water partition coefficient (Wildman–Crippen LogP) is 4.70. The molecule has 1 heterocycles. The Kier molecular flexibility index (Phi) is 3.27. The summed E-state index contributed by atoms with van der Waals surface area (Å²) >= 11 is 7.92. The summed E-state index contributed by atoms with van der Waals surface area (Å²) in [6.07, 6.45) is 5.61. The second-order valence-electron chi connectivity index (χ2n) is 5.80. The van der Waals surface area contributed by atoms with Crippen LogP contribution >= 0.6 is 22.9 Å². The van der Waals surface area contributed by atoms with Gasteiger partial charge in [-0.05, 0) is 56.1 Å². The van der Waals surface area contributed by atoms with Crippen LogP contribution in [0.1, 0.15) is 64.2 Å². The molecule has 0 aromatic carbocycles. The lowest BCUT2D eigenvalue weighted by atomic mass is 9.82. The fourth-order valence-corrected chi connectivity index (χ4v) is 5.08. The third kappa shape index (κ3) is 1.94. The standard InChI is InChI=1S/C15H19ClOS/c1-8-7-12-13(9(2)18-15(12)14(8)17)10-3-5-11(16)6-4-10/h8,10-11H,3-7H2,1-2H3. The largest absolute Gasteiger partial charge is 0.293 e. The number of Topliss-reactive ketones (excluding diaryl/α,β-unsaturated/α-hetero) is 1. The summed E-state index contributed by atoms with van der Waals surface area (Å²) in [4.78, 5) is 14.5. The molecule has 1 aromatic heterocycles. The van der Waals surface area contributed by atoms with Crippen LogP contribution in [0.2, 0.25) is 0 Å². The Morgan fingerprint density at radius 3 is 2.56 bits per heavy atom. The van der Waals surface area contributed by atoms with Gasteiger partial charge in [0.2, 0.25) is 0 Å². The average molecular weight is 283 g/mol. The highest BCUT2D eigenvalue weighted by molar-refractivity contribution is 7.14. The maximum absolute atomic E-state index is 12.1. The van der Waals surface area contributed by atoms with E-state index in [1.54, 1.807) is 11.3 Å². The molecular formula is C15H19ClOS. The van der Waals surface area contributed by atoms with Gasteiger partial charge in [-0.3, -0.25) is 4.79 Å². The van der Waals surface area contributed by atoms with Gasteiger partial charge in [0.1, 0.15) is 0 Å². The topological polar surface area (TPSA) is 17.1 Å². The van der Waals surface area contributed by atoms with Crippen molar-refractivity contribution in [2.75, 3.05) is 0 Å². The van der Waals surface area contributed by atoms with Crippen LogP contribution in [0.4, 0.5) is 0 Å². The Hall–Kier alpha value is -0.340. The molecule has 2 aliphatic carbocycles. The lowest BCUT2D eigenvalue weighted by Crippen LogP contribution is -2.14. The molecule has 0 saturated heterocycles. The summed E-state index contributed by atoms with van der Waals surface area (Å²) in [5.41, 5.74) is 2.89. The molecule has 0 spiro atoms. The van der Waals surface area contributed by atoms with Crippen molar-refractivity contribution in [2.24, 2.45) is 5.92 Å². The summed E-state index contributed by atoms with van der Waals surface area (Å²) in [5, 5.41) is 0.369. The van der Waals surface area contributed by atoms with E-state index in [9.17, 15) is 4.79 Å². The normalized spacial score (nSPS) is 31.7. The van der Waals surface area contributed by atoms with Crippen LogP contribution in [-0.2, 0) is 6.42 Å². The van der Waals surface area contributed by atoms with Gasteiger partial charge in [-0.15, -0.1) is 22.9 Å². The molecule has 18 heavy (non-hydrogen) atoms. The van der Waals surface area contributed by atoms with Gasteiger partial charge in [0.25, 0.3) is 0 Å². The average Bonchev–Trinajstić information content (AvgIpc) is 2.79. The minimum Gasteiger partial charge on any atom is -0.293 e. The number of aryl methyl sites for hydroxylation is 1. The van der Waals surface area contributed by atoms with Crippen LogP contribution in [-0.4, -0.2) is 11.2 Å².